The second-order valence-electron chi connectivity index (χ2n) is 14.8. The van der Waals surface area contributed by atoms with E-state index in [9.17, 15) is 14.4 Å². The van der Waals surface area contributed by atoms with Gasteiger partial charge in [0.2, 0.25) is 11.8 Å². The number of methoxy groups -OCH3 is 1. The number of esters is 1. The summed E-state index contributed by atoms with van der Waals surface area (Å²) in [6.45, 7) is 4.61. The third-order valence-corrected chi connectivity index (χ3v) is 12.4. The fourth-order valence-electron chi connectivity index (χ4n) is 8.39. The summed E-state index contributed by atoms with van der Waals surface area (Å²) in [5.41, 5.74) is 2.12. The molecule has 51 heavy (non-hydrogen) atoms. The van der Waals surface area contributed by atoms with E-state index < -0.39 is 29.4 Å². The van der Waals surface area contributed by atoms with Crippen LogP contribution in [0.4, 0.5) is 0 Å². The summed E-state index contributed by atoms with van der Waals surface area (Å²) in [7, 11) is 3.47. The van der Waals surface area contributed by atoms with Crippen LogP contribution in [-0.2, 0) is 19.1 Å². The Hall–Kier alpha value is -3.99. The quantitative estimate of drug-likeness (QED) is 0.203. The third kappa shape index (κ3) is 7.10. The van der Waals surface area contributed by atoms with Gasteiger partial charge in [0.15, 0.2) is 0 Å². The normalized spacial score (nSPS) is 28.0. The van der Waals surface area contributed by atoms with Crippen LogP contribution in [0, 0.1) is 24.7 Å². The van der Waals surface area contributed by atoms with Gasteiger partial charge >= 0.3 is 5.97 Å². The molecule has 0 bridgehead atoms. The molecule has 0 spiro atoms. The Labute approximate surface area is 304 Å². The lowest BCUT2D eigenvalue weighted by atomic mass is 9.90. The van der Waals surface area contributed by atoms with Crippen LogP contribution >= 0.6 is 11.3 Å². The fraction of sp³-hybridized carbons (Fsp3) is 0.575. The van der Waals surface area contributed by atoms with E-state index in [1.54, 1.807) is 30.3 Å². The molecule has 2 amide bonds. The monoisotopic (exact) mass is 714 g/mol. The van der Waals surface area contributed by atoms with Gasteiger partial charge in [0, 0.05) is 47.8 Å². The number of pyridine rings is 1. The zero-order valence-corrected chi connectivity index (χ0v) is 31.1. The van der Waals surface area contributed by atoms with Gasteiger partial charge in [0.25, 0.3) is 0 Å². The molecule has 0 radical (unpaired) electrons. The number of allylic oxidation sites excluding steroid dienone is 1. The molecule has 3 aliphatic carbocycles. The summed E-state index contributed by atoms with van der Waals surface area (Å²) < 4.78 is 18.0. The fourth-order valence-corrected chi connectivity index (χ4v) is 9.37. The van der Waals surface area contributed by atoms with Gasteiger partial charge in [-0.15, -0.1) is 11.3 Å². The predicted molar refractivity (Wildman–Crippen MR) is 197 cm³/mol. The van der Waals surface area contributed by atoms with Gasteiger partial charge < -0.3 is 24.4 Å². The highest BCUT2D eigenvalue weighted by molar-refractivity contribution is 7.10. The molecule has 3 fully saturated rings. The molecule has 1 aliphatic heterocycles. The first-order valence-corrected chi connectivity index (χ1v) is 19.6. The molecule has 5 atom stereocenters. The Balaban J connectivity index is 1.21. The van der Waals surface area contributed by atoms with E-state index in [2.05, 4.69) is 16.8 Å². The summed E-state index contributed by atoms with van der Waals surface area (Å²) in [4.78, 5) is 53.3. The first kappa shape index (κ1) is 35.4. The van der Waals surface area contributed by atoms with Crippen LogP contribution in [0.1, 0.15) is 94.0 Å². The zero-order chi connectivity index (χ0) is 35.7. The average Bonchev–Trinajstić information content (AvgIpc) is 3.43. The molecule has 11 heteroatoms. The van der Waals surface area contributed by atoms with Crippen molar-refractivity contribution in [3.8, 4) is 22.9 Å². The van der Waals surface area contributed by atoms with Gasteiger partial charge in [0.1, 0.15) is 23.1 Å². The number of thiazole rings is 1. The molecular formula is C40H50N4O6S. The number of rotatable bonds is 7. The van der Waals surface area contributed by atoms with E-state index in [0.717, 1.165) is 57.9 Å². The average molecular weight is 715 g/mol. The van der Waals surface area contributed by atoms with Crippen LogP contribution in [0.15, 0.2) is 35.7 Å². The molecule has 3 aromatic rings. The number of amides is 2. The molecule has 0 unspecified atom stereocenters. The van der Waals surface area contributed by atoms with E-state index in [0.29, 0.717) is 37.5 Å². The SMILES string of the molecule is CCOC(=O)[C@@]12C[C@H]1/C=C\CCCCN(C)C(=O)[C@@H]1C[C@H](Oc3cc(-c4csc(C5CCCCC5)n4)nc4c(C)c(OC)ccc34)C[C@H]1C(=O)N2. The maximum atomic E-state index is 14.2. The van der Waals surface area contributed by atoms with Crippen LogP contribution in [-0.4, -0.2) is 71.6 Å². The van der Waals surface area contributed by atoms with Gasteiger partial charge in [-0.2, -0.15) is 0 Å². The second kappa shape index (κ2) is 14.9. The predicted octanol–water partition coefficient (Wildman–Crippen LogP) is 7.13. The largest absolute Gasteiger partial charge is 0.496 e. The van der Waals surface area contributed by atoms with Gasteiger partial charge in [-0.1, -0.05) is 31.4 Å². The number of fused-ring (bicyclic) bond motifs is 3. The molecule has 272 valence electrons. The summed E-state index contributed by atoms with van der Waals surface area (Å²) in [6, 6.07) is 5.84. The van der Waals surface area contributed by atoms with E-state index in [4.69, 9.17) is 24.2 Å². The molecule has 3 saturated carbocycles. The highest BCUT2D eigenvalue weighted by atomic mass is 32.1. The van der Waals surface area contributed by atoms with Crippen LogP contribution in [0.3, 0.4) is 0 Å². The van der Waals surface area contributed by atoms with Gasteiger partial charge in [-0.25, -0.2) is 14.8 Å². The van der Waals surface area contributed by atoms with E-state index >= 15 is 0 Å². The number of carbonyl (C=O) groups excluding carboxylic acids is 3. The highest BCUT2D eigenvalue weighted by Gasteiger charge is 2.62. The molecule has 2 aromatic heterocycles. The Bertz CT molecular complexity index is 1820. The lowest BCUT2D eigenvalue weighted by Gasteiger charge is -2.26. The Morgan fingerprint density at radius 3 is 2.63 bits per heavy atom. The molecule has 0 saturated heterocycles. The highest BCUT2D eigenvalue weighted by Crippen LogP contribution is 2.47. The van der Waals surface area contributed by atoms with Crippen LogP contribution in [0.5, 0.6) is 11.5 Å². The second-order valence-corrected chi connectivity index (χ2v) is 15.7. The van der Waals surface area contributed by atoms with Gasteiger partial charge in [-0.05, 0) is 77.3 Å². The van der Waals surface area contributed by atoms with Crippen molar-refractivity contribution in [3.63, 3.8) is 0 Å². The topological polar surface area (TPSA) is 120 Å². The minimum absolute atomic E-state index is 0.0649. The number of benzene rings is 1. The number of ether oxygens (including phenoxy) is 3. The molecule has 7 rings (SSSR count). The Kier molecular flexibility index (Phi) is 10.4. The van der Waals surface area contributed by atoms with E-state index in [1.165, 1.54) is 32.1 Å². The molecule has 3 heterocycles. The third-order valence-electron chi connectivity index (χ3n) is 11.4. The number of nitrogens with zero attached hydrogens (tertiary/aromatic N) is 3. The summed E-state index contributed by atoms with van der Waals surface area (Å²) in [6.07, 6.45) is 13.7. The summed E-state index contributed by atoms with van der Waals surface area (Å²) in [5.74, 6) is -0.277. The van der Waals surface area contributed by atoms with Crippen molar-refractivity contribution >= 4 is 40.0 Å². The first-order valence-electron chi connectivity index (χ1n) is 18.7. The number of carbonyl (C=O) groups is 3. The lowest BCUT2D eigenvalue weighted by Crippen LogP contribution is -2.50. The maximum absolute atomic E-state index is 14.2. The van der Waals surface area contributed by atoms with E-state index in [1.807, 2.05) is 38.2 Å². The van der Waals surface area contributed by atoms with Gasteiger partial charge in [0.05, 0.1) is 47.5 Å². The van der Waals surface area contributed by atoms with Crippen molar-refractivity contribution in [1.82, 2.24) is 20.2 Å². The summed E-state index contributed by atoms with van der Waals surface area (Å²) >= 11 is 1.70. The van der Waals surface area contributed by atoms with E-state index in [-0.39, 0.29) is 24.3 Å². The van der Waals surface area contributed by atoms with Crippen molar-refractivity contribution in [2.75, 3.05) is 27.3 Å². The van der Waals surface area contributed by atoms with Gasteiger partial charge in [-0.3, -0.25) is 9.59 Å². The smallest absolute Gasteiger partial charge is 0.332 e. The molecule has 1 N–H and O–H groups in total. The van der Waals surface area contributed by atoms with Crippen molar-refractivity contribution in [2.24, 2.45) is 17.8 Å². The molecule has 1 aromatic carbocycles. The van der Waals surface area contributed by atoms with Crippen molar-refractivity contribution in [1.29, 1.82) is 0 Å². The van der Waals surface area contributed by atoms with Crippen molar-refractivity contribution < 1.29 is 28.6 Å². The first-order chi connectivity index (χ1) is 24.7. The standard InChI is InChI=1S/C40H50N4O6S/c1-5-49-39(47)40-22-26(40)15-11-6-7-12-18-44(3)38(46)30-20-27(19-29(30)36(45)43-40)50-34-21-31(41-35-24(2)33(48-4)17-16-28(34)35)32-23-51-37(42-32)25-13-9-8-10-14-25/h11,15-17,21,23,25-27,29-30H,5-10,12-14,18-20,22H2,1-4H3,(H,43,45)/b15-11-/t26-,27-,29-,30-,40-/m1/s1. The number of nitrogens with one attached hydrogen (secondary N) is 1. The van der Waals surface area contributed by atoms with Crippen molar-refractivity contribution in [2.45, 2.75) is 102 Å². The molecule has 4 aliphatic rings. The number of aryl methyl sites for hydroxylation is 1. The minimum atomic E-state index is -1.09. The molecular weight excluding hydrogens is 665 g/mol. The lowest BCUT2D eigenvalue weighted by molar-refractivity contribution is -0.150. The Morgan fingerprint density at radius 1 is 1.04 bits per heavy atom. The maximum Gasteiger partial charge on any atom is 0.332 e. The zero-order valence-electron chi connectivity index (χ0n) is 30.2. The number of aromatic nitrogens is 2. The number of hydrogen-bond acceptors (Lipinski definition) is 9. The van der Waals surface area contributed by atoms with Crippen LogP contribution < -0.4 is 14.8 Å². The summed E-state index contributed by atoms with van der Waals surface area (Å²) in [5, 5.41) is 7.17. The minimum Gasteiger partial charge on any atom is -0.496 e. The Morgan fingerprint density at radius 2 is 1.84 bits per heavy atom. The molecule has 10 nitrogen and oxygen atoms in total. The van der Waals surface area contributed by atoms with Crippen LogP contribution in [0.2, 0.25) is 0 Å². The number of hydrogen-bond donors (Lipinski definition) is 1. The van der Waals surface area contributed by atoms with Crippen molar-refractivity contribution in [3.05, 3.63) is 46.3 Å². The van der Waals surface area contributed by atoms with Crippen LogP contribution in [0.25, 0.3) is 22.3 Å².